The minimum Gasteiger partial charge on any atom is -0.477 e. The van der Waals surface area contributed by atoms with Crippen LogP contribution in [0.2, 0.25) is 0 Å². The highest BCUT2D eigenvalue weighted by Crippen LogP contribution is 2.27. The number of carbonyl (C=O) groups is 2. The van der Waals surface area contributed by atoms with Crippen molar-refractivity contribution in [3.05, 3.63) is 34.1 Å². The van der Waals surface area contributed by atoms with Gasteiger partial charge in [-0.2, -0.15) is 0 Å². The van der Waals surface area contributed by atoms with Crippen LogP contribution in [0.4, 0.5) is 14.9 Å². The van der Waals surface area contributed by atoms with Crippen molar-refractivity contribution in [3.8, 4) is 5.75 Å². The molecule has 0 fully saturated rings. The predicted octanol–water partition coefficient (Wildman–Crippen LogP) is 1.74. The van der Waals surface area contributed by atoms with Crippen LogP contribution in [-0.4, -0.2) is 29.0 Å². The molecule has 0 saturated carbocycles. The molecule has 0 aliphatic carbocycles. The smallest absolute Gasteiger partial charge is 0.321 e. The van der Waals surface area contributed by atoms with Gasteiger partial charge in [0.05, 0.1) is 4.92 Å². The second-order valence-corrected chi connectivity index (χ2v) is 5.41. The minimum absolute atomic E-state index is 0.392. The van der Waals surface area contributed by atoms with E-state index in [1.807, 2.05) is 5.32 Å². The Kier molecular flexibility index (Phi) is 5.39. The molecule has 9 heteroatoms. The fourth-order valence-electron chi connectivity index (χ4n) is 1.43. The van der Waals surface area contributed by atoms with E-state index < -0.39 is 46.3 Å². The van der Waals surface area contributed by atoms with Gasteiger partial charge in [0.25, 0.3) is 5.91 Å². The maximum Gasteiger partial charge on any atom is 0.321 e. The lowest BCUT2D eigenvalue weighted by molar-refractivity contribution is -0.385. The first kappa shape index (κ1) is 17.3. The molecule has 0 aliphatic heterocycles. The Bertz CT molecular complexity index is 598. The highest BCUT2D eigenvalue weighted by Gasteiger charge is 2.19. The molecule has 0 atom stereocenters. The number of imide groups is 1. The van der Waals surface area contributed by atoms with Crippen molar-refractivity contribution < 1.29 is 23.6 Å². The van der Waals surface area contributed by atoms with Crippen molar-refractivity contribution in [1.29, 1.82) is 0 Å². The third-order valence-corrected chi connectivity index (χ3v) is 2.22. The maximum atomic E-state index is 13.1. The van der Waals surface area contributed by atoms with Gasteiger partial charge in [-0.25, -0.2) is 9.18 Å². The van der Waals surface area contributed by atoms with E-state index in [-0.39, 0.29) is 0 Å². The molecule has 22 heavy (non-hydrogen) atoms. The second kappa shape index (κ2) is 6.83. The first-order chi connectivity index (χ1) is 10.1. The molecular weight excluding hydrogens is 297 g/mol. The number of halogens is 1. The number of nitrogens with one attached hydrogen (secondary N) is 2. The van der Waals surface area contributed by atoms with Crippen LogP contribution in [0.5, 0.6) is 5.75 Å². The summed E-state index contributed by atoms with van der Waals surface area (Å²) in [4.78, 5) is 32.9. The summed E-state index contributed by atoms with van der Waals surface area (Å²) in [5, 5.41) is 15.2. The van der Waals surface area contributed by atoms with Gasteiger partial charge in [0.1, 0.15) is 5.82 Å². The Balaban J connectivity index is 2.63. The molecule has 1 aromatic rings. The van der Waals surface area contributed by atoms with Crippen LogP contribution in [0.15, 0.2) is 18.2 Å². The third-order valence-electron chi connectivity index (χ3n) is 2.22. The third kappa shape index (κ3) is 5.73. The molecule has 1 aromatic carbocycles. The van der Waals surface area contributed by atoms with Gasteiger partial charge < -0.3 is 10.1 Å². The maximum absolute atomic E-state index is 13.1. The summed E-state index contributed by atoms with van der Waals surface area (Å²) < 4.78 is 18.0. The standard InChI is InChI=1S/C13H16FN3O5/c1-13(2,3)16-12(19)15-11(18)7-22-10-6-8(14)4-5-9(10)17(20)21/h4-6H,7H2,1-3H3,(H2,15,16,18,19). The lowest BCUT2D eigenvalue weighted by atomic mass is 10.1. The van der Waals surface area contributed by atoms with E-state index in [2.05, 4.69) is 5.32 Å². The Labute approximate surface area is 125 Å². The van der Waals surface area contributed by atoms with Crippen LogP contribution in [0.25, 0.3) is 0 Å². The number of nitrogens with zero attached hydrogens (tertiary/aromatic N) is 1. The Morgan fingerprint density at radius 1 is 1.36 bits per heavy atom. The number of ether oxygens (including phenoxy) is 1. The number of carbonyl (C=O) groups excluding carboxylic acids is 2. The van der Waals surface area contributed by atoms with Gasteiger partial charge in [-0.15, -0.1) is 0 Å². The number of amides is 3. The zero-order chi connectivity index (χ0) is 16.9. The normalized spacial score (nSPS) is 10.7. The predicted molar refractivity (Wildman–Crippen MR) is 75.0 cm³/mol. The van der Waals surface area contributed by atoms with Crippen LogP contribution in [0.3, 0.4) is 0 Å². The SMILES string of the molecule is CC(C)(C)NC(=O)NC(=O)COc1cc(F)ccc1[N+](=O)[O-]. The summed E-state index contributed by atoms with van der Waals surface area (Å²) >= 11 is 0. The van der Waals surface area contributed by atoms with Gasteiger partial charge >= 0.3 is 11.7 Å². The zero-order valence-electron chi connectivity index (χ0n) is 12.3. The molecule has 3 amide bonds. The number of nitro benzene ring substituents is 1. The van der Waals surface area contributed by atoms with Crippen molar-refractivity contribution in [2.45, 2.75) is 26.3 Å². The number of nitro groups is 1. The lowest BCUT2D eigenvalue weighted by Gasteiger charge is -2.20. The van der Waals surface area contributed by atoms with E-state index >= 15 is 0 Å². The van der Waals surface area contributed by atoms with Gasteiger partial charge in [0, 0.05) is 17.7 Å². The molecule has 0 heterocycles. The van der Waals surface area contributed by atoms with E-state index in [9.17, 15) is 24.1 Å². The van der Waals surface area contributed by atoms with Crippen LogP contribution in [-0.2, 0) is 4.79 Å². The lowest BCUT2D eigenvalue weighted by Crippen LogP contribution is -2.49. The topological polar surface area (TPSA) is 111 Å². The van der Waals surface area contributed by atoms with Crippen molar-refractivity contribution in [3.63, 3.8) is 0 Å². The molecule has 0 bridgehead atoms. The summed E-state index contributed by atoms with van der Waals surface area (Å²) in [6.07, 6.45) is 0. The average molecular weight is 313 g/mol. The summed E-state index contributed by atoms with van der Waals surface area (Å²) in [6, 6.07) is 1.90. The Morgan fingerprint density at radius 2 is 2.00 bits per heavy atom. The van der Waals surface area contributed by atoms with Gasteiger partial charge in [0.15, 0.2) is 6.61 Å². The van der Waals surface area contributed by atoms with Crippen LogP contribution >= 0.6 is 0 Å². The molecule has 0 unspecified atom stereocenters. The molecule has 0 aromatic heterocycles. The average Bonchev–Trinajstić information content (AvgIpc) is 2.33. The molecular formula is C13H16FN3O5. The summed E-state index contributed by atoms with van der Waals surface area (Å²) in [7, 11) is 0. The summed E-state index contributed by atoms with van der Waals surface area (Å²) in [5.74, 6) is -1.96. The largest absolute Gasteiger partial charge is 0.477 e. The quantitative estimate of drug-likeness (QED) is 0.649. The molecule has 8 nitrogen and oxygen atoms in total. The molecule has 2 N–H and O–H groups in total. The second-order valence-electron chi connectivity index (χ2n) is 5.41. The zero-order valence-corrected chi connectivity index (χ0v) is 12.3. The number of hydrogen-bond donors (Lipinski definition) is 2. The highest BCUT2D eigenvalue weighted by atomic mass is 19.1. The van der Waals surface area contributed by atoms with E-state index in [1.165, 1.54) is 0 Å². The fourth-order valence-corrected chi connectivity index (χ4v) is 1.43. The van der Waals surface area contributed by atoms with E-state index in [4.69, 9.17) is 4.74 Å². The number of benzene rings is 1. The molecule has 0 radical (unpaired) electrons. The molecule has 0 spiro atoms. The van der Waals surface area contributed by atoms with Crippen LogP contribution in [0.1, 0.15) is 20.8 Å². The minimum atomic E-state index is -0.819. The Hall–Kier alpha value is -2.71. The highest BCUT2D eigenvalue weighted by molar-refractivity contribution is 5.95. The van der Waals surface area contributed by atoms with Crippen LogP contribution in [0, 0.1) is 15.9 Å². The van der Waals surface area contributed by atoms with Gasteiger partial charge in [0.2, 0.25) is 5.75 Å². The van der Waals surface area contributed by atoms with Gasteiger partial charge in [-0.3, -0.25) is 20.2 Å². The monoisotopic (exact) mass is 313 g/mol. The fraction of sp³-hybridized carbons (Fsp3) is 0.385. The van der Waals surface area contributed by atoms with Gasteiger partial charge in [-0.1, -0.05) is 0 Å². The van der Waals surface area contributed by atoms with E-state index in [0.29, 0.717) is 0 Å². The summed E-state index contributed by atoms with van der Waals surface area (Å²) in [6.45, 7) is 4.51. The number of rotatable bonds is 4. The number of hydrogen-bond acceptors (Lipinski definition) is 5. The first-order valence-corrected chi connectivity index (χ1v) is 6.27. The molecule has 0 saturated heterocycles. The van der Waals surface area contributed by atoms with E-state index in [0.717, 1.165) is 18.2 Å². The first-order valence-electron chi connectivity index (χ1n) is 6.27. The number of urea groups is 1. The van der Waals surface area contributed by atoms with Crippen molar-refractivity contribution in [1.82, 2.24) is 10.6 Å². The van der Waals surface area contributed by atoms with Gasteiger partial charge in [-0.05, 0) is 26.8 Å². The van der Waals surface area contributed by atoms with Crippen LogP contribution < -0.4 is 15.4 Å². The molecule has 120 valence electrons. The van der Waals surface area contributed by atoms with Crippen molar-refractivity contribution in [2.75, 3.05) is 6.61 Å². The van der Waals surface area contributed by atoms with Crippen molar-refractivity contribution >= 4 is 17.6 Å². The summed E-state index contributed by atoms with van der Waals surface area (Å²) in [5.41, 5.74) is -1.01. The molecule has 1 rings (SSSR count). The molecule has 0 aliphatic rings. The van der Waals surface area contributed by atoms with E-state index in [1.54, 1.807) is 20.8 Å². The Morgan fingerprint density at radius 3 is 2.55 bits per heavy atom. The van der Waals surface area contributed by atoms with Crippen molar-refractivity contribution in [2.24, 2.45) is 0 Å².